The molecule has 0 radical (unpaired) electrons. The lowest BCUT2D eigenvalue weighted by Gasteiger charge is -2.47. The van der Waals surface area contributed by atoms with Crippen LogP contribution in [-0.4, -0.2) is 28.7 Å². The van der Waals surface area contributed by atoms with Crippen molar-refractivity contribution in [2.75, 3.05) is 18.0 Å². The highest BCUT2D eigenvalue weighted by atomic mass is 16.6. The van der Waals surface area contributed by atoms with Crippen molar-refractivity contribution in [2.45, 2.75) is 12.0 Å². The molecule has 0 saturated carbocycles. The van der Waals surface area contributed by atoms with Crippen molar-refractivity contribution >= 4 is 11.4 Å². The maximum Gasteiger partial charge on any atom is 0.270 e. The molecule has 7 heteroatoms. The smallest absolute Gasteiger partial charge is 0.270 e. The minimum Gasteiger partial charge on any atom is -0.385 e. The molecule has 19 heavy (non-hydrogen) atoms. The molecule has 1 aromatic carbocycles. The summed E-state index contributed by atoms with van der Waals surface area (Å²) >= 11 is 0. The van der Waals surface area contributed by atoms with Crippen LogP contribution in [0.1, 0.15) is 12.0 Å². The third-order valence-corrected chi connectivity index (χ3v) is 3.03. The van der Waals surface area contributed by atoms with Crippen LogP contribution in [0.15, 0.2) is 18.2 Å². The standard InChI is InChI=1S/C12H10N4O3/c13-4-3-12(17)7-15(8-12)11-2-1-10(16(18)19)5-9(11)6-14/h1-2,5,17H,3,7-8H2. The molecule has 0 amide bonds. The summed E-state index contributed by atoms with van der Waals surface area (Å²) in [6.07, 6.45) is 0.0262. The van der Waals surface area contributed by atoms with Crippen LogP contribution >= 0.6 is 0 Å². The summed E-state index contributed by atoms with van der Waals surface area (Å²) in [6.45, 7) is 0.486. The number of hydrogen-bond donors (Lipinski definition) is 1. The second-order valence-electron chi connectivity index (χ2n) is 4.49. The van der Waals surface area contributed by atoms with Gasteiger partial charge >= 0.3 is 0 Å². The van der Waals surface area contributed by atoms with Gasteiger partial charge in [0.25, 0.3) is 5.69 Å². The third-order valence-electron chi connectivity index (χ3n) is 3.03. The Labute approximate surface area is 109 Å². The van der Waals surface area contributed by atoms with E-state index < -0.39 is 10.5 Å². The van der Waals surface area contributed by atoms with E-state index in [4.69, 9.17) is 10.5 Å². The van der Waals surface area contributed by atoms with Gasteiger partial charge in [-0.2, -0.15) is 10.5 Å². The molecule has 1 aliphatic rings. The molecular formula is C12H10N4O3. The molecule has 1 aliphatic heterocycles. The van der Waals surface area contributed by atoms with Crippen molar-refractivity contribution in [3.63, 3.8) is 0 Å². The highest BCUT2D eigenvalue weighted by molar-refractivity contribution is 5.64. The number of rotatable bonds is 3. The number of nitro benzene ring substituents is 1. The molecule has 7 nitrogen and oxygen atoms in total. The normalized spacial score (nSPS) is 16.1. The van der Waals surface area contributed by atoms with Crippen molar-refractivity contribution in [3.8, 4) is 12.1 Å². The molecule has 1 aromatic rings. The summed E-state index contributed by atoms with van der Waals surface area (Å²) in [7, 11) is 0. The number of β-amino-alcohol motifs (C(OH)–C–C–N with tert-alkyl or cyclic N) is 1. The zero-order valence-electron chi connectivity index (χ0n) is 9.91. The summed E-state index contributed by atoms with van der Waals surface area (Å²) in [5.74, 6) is 0. The van der Waals surface area contributed by atoms with E-state index in [1.807, 2.05) is 12.1 Å². The fourth-order valence-corrected chi connectivity index (χ4v) is 2.10. The van der Waals surface area contributed by atoms with Gasteiger partial charge in [-0.15, -0.1) is 0 Å². The molecule has 2 rings (SSSR count). The molecule has 1 heterocycles. The van der Waals surface area contributed by atoms with Gasteiger partial charge in [0.15, 0.2) is 0 Å². The van der Waals surface area contributed by atoms with E-state index in [2.05, 4.69) is 0 Å². The molecule has 0 unspecified atom stereocenters. The van der Waals surface area contributed by atoms with E-state index in [0.717, 1.165) is 0 Å². The number of anilines is 1. The molecule has 96 valence electrons. The Balaban J connectivity index is 2.22. The van der Waals surface area contributed by atoms with Crippen molar-refractivity contribution in [3.05, 3.63) is 33.9 Å². The maximum absolute atomic E-state index is 10.6. The van der Waals surface area contributed by atoms with Crippen LogP contribution in [0.2, 0.25) is 0 Å². The zero-order valence-corrected chi connectivity index (χ0v) is 9.91. The monoisotopic (exact) mass is 258 g/mol. The topological polar surface area (TPSA) is 114 Å². The van der Waals surface area contributed by atoms with E-state index in [-0.39, 0.29) is 30.8 Å². The SMILES string of the molecule is N#CCC1(O)CN(c2ccc([N+](=O)[O-])cc2C#N)C1. The van der Waals surface area contributed by atoms with Gasteiger partial charge in [0.1, 0.15) is 11.7 Å². The van der Waals surface area contributed by atoms with Gasteiger partial charge in [0.05, 0.1) is 28.7 Å². The van der Waals surface area contributed by atoms with E-state index in [1.165, 1.54) is 18.2 Å². The summed E-state index contributed by atoms with van der Waals surface area (Å²) < 4.78 is 0. The fraction of sp³-hybridized carbons (Fsp3) is 0.333. The van der Waals surface area contributed by atoms with Gasteiger partial charge < -0.3 is 10.0 Å². The lowest BCUT2D eigenvalue weighted by atomic mass is 9.90. The highest BCUT2D eigenvalue weighted by Gasteiger charge is 2.41. The zero-order chi connectivity index (χ0) is 14.0. The lowest BCUT2D eigenvalue weighted by Crippen LogP contribution is -2.62. The summed E-state index contributed by atoms with van der Waals surface area (Å²) in [5.41, 5.74) is -0.472. The van der Waals surface area contributed by atoms with Crippen molar-refractivity contribution in [2.24, 2.45) is 0 Å². The Morgan fingerprint density at radius 2 is 2.16 bits per heavy atom. The Morgan fingerprint density at radius 1 is 1.47 bits per heavy atom. The predicted molar refractivity (Wildman–Crippen MR) is 65.2 cm³/mol. The first-order valence-corrected chi connectivity index (χ1v) is 5.52. The van der Waals surface area contributed by atoms with Gasteiger partial charge in [0, 0.05) is 25.2 Å². The number of aliphatic hydroxyl groups is 1. The van der Waals surface area contributed by atoms with Crippen LogP contribution in [0.5, 0.6) is 0 Å². The Morgan fingerprint density at radius 3 is 2.68 bits per heavy atom. The second-order valence-corrected chi connectivity index (χ2v) is 4.49. The molecule has 1 fully saturated rings. The molecule has 1 N–H and O–H groups in total. The van der Waals surface area contributed by atoms with Crippen molar-refractivity contribution in [1.29, 1.82) is 10.5 Å². The third kappa shape index (κ3) is 2.32. The maximum atomic E-state index is 10.6. The number of nitrogens with zero attached hydrogens (tertiary/aromatic N) is 4. The van der Waals surface area contributed by atoms with Gasteiger partial charge in [0.2, 0.25) is 0 Å². The molecule has 1 saturated heterocycles. The van der Waals surface area contributed by atoms with E-state index >= 15 is 0 Å². The fourth-order valence-electron chi connectivity index (χ4n) is 2.10. The number of nitriles is 2. The second kappa shape index (κ2) is 4.56. The Hall–Kier alpha value is -2.64. The molecule has 0 aromatic heterocycles. The molecule has 0 aliphatic carbocycles. The first-order valence-electron chi connectivity index (χ1n) is 5.52. The quantitative estimate of drug-likeness (QED) is 0.637. The highest BCUT2D eigenvalue weighted by Crippen LogP contribution is 2.33. The molecule has 0 bridgehead atoms. The van der Waals surface area contributed by atoms with Crippen LogP contribution in [0.25, 0.3) is 0 Å². The lowest BCUT2D eigenvalue weighted by molar-refractivity contribution is -0.384. The minimum absolute atomic E-state index is 0.0262. The molecule has 0 atom stereocenters. The summed E-state index contributed by atoms with van der Waals surface area (Å²) in [4.78, 5) is 11.8. The largest absolute Gasteiger partial charge is 0.385 e. The van der Waals surface area contributed by atoms with Crippen molar-refractivity contribution in [1.82, 2.24) is 0 Å². The van der Waals surface area contributed by atoms with Crippen molar-refractivity contribution < 1.29 is 10.0 Å². The summed E-state index contributed by atoms with van der Waals surface area (Å²) in [5, 5.41) is 38.1. The number of nitro groups is 1. The van der Waals surface area contributed by atoms with E-state index in [9.17, 15) is 15.2 Å². The van der Waals surface area contributed by atoms with Crippen LogP contribution in [0, 0.1) is 32.8 Å². The number of hydrogen-bond acceptors (Lipinski definition) is 6. The first kappa shape index (κ1) is 12.8. The molecule has 0 spiro atoms. The van der Waals surface area contributed by atoms with Gasteiger partial charge in [-0.1, -0.05) is 0 Å². The van der Waals surface area contributed by atoms with E-state index in [0.29, 0.717) is 5.69 Å². The van der Waals surface area contributed by atoms with Crippen LogP contribution in [0.4, 0.5) is 11.4 Å². The average Bonchev–Trinajstić information content (AvgIpc) is 2.35. The average molecular weight is 258 g/mol. The van der Waals surface area contributed by atoms with Gasteiger partial charge in [-0.3, -0.25) is 10.1 Å². The van der Waals surface area contributed by atoms with Gasteiger partial charge in [-0.25, -0.2) is 0 Å². The Bertz CT molecular complexity index is 608. The number of non-ortho nitro benzene ring substituents is 1. The Kier molecular flexibility index (Phi) is 3.07. The van der Waals surface area contributed by atoms with Gasteiger partial charge in [-0.05, 0) is 6.07 Å². The molecular weight excluding hydrogens is 248 g/mol. The van der Waals surface area contributed by atoms with Crippen LogP contribution < -0.4 is 4.90 Å². The minimum atomic E-state index is -1.05. The first-order chi connectivity index (χ1) is 8.99. The predicted octanol–water partition coefficient (Wildman–Crippen LogP) is 0.931. The van der Waals surface area contributed by atoms with E-state index in [1.54, 1.807) is 4.90 Å². The van der Waals surface area contributed by atoms with Crippen LogP contribution in [0.3, 0.4) is 0 Å². The number of benzene rings is 1. The summed E-state index contributed by atoms with van der Waals surface area (Å²) in [6, 6.07) is 7.82. The van der Waals surface area contributed by atoms with Crippen LogP contribution in [-0.2, 0) is 0 Å².